The first-order chi connectivity index (χ1) is 9.74. The Morgan fingerprint density at radius 3 is 3.00 bits per heavy atom. The van der Waals surface area contributed by atoms with Crippen molar-refractivity contribution in [3.8, 4) is 0 Å². The molecule has 1 aliphatic heterocycles. The maximum atomic E-state index is 6.12. The summed E-state index contributed by atoms with van der Waals surface area (Å²) in [6.45, 7) is 3.12. The summed E-state index contributed by atoms with van der Waals surface area (Å²) in [6, 6.07) is 4.46. The van der Waals surface area contributed by atoms with Gasteiger partial charge in [-0.25, -0.2) is 0 Å². The number of nitrogens with two attached hydrogens (primary N) is 1. The van der Waals surface area contributed by atoms with Crippen LogP contribution in [0.4, 0.5) is 5.95 Å². The summed E-state index contributed by atoms with van der Waals surface area (Å²) in [5, 5.41) is 7.36. The predicted molar refractivity (Wildman–Crippen MR) is 77.4 cm³/mol. The van der Waals surface area contributed by atoms with E-state index in [1.165, 1.54) is 5.56 Å². The van der Waals surface area contributed by atoms with Gasteiger partial charge in [-0.05, 0) is 37.5 Å². The van der Waals surface area contributed by atoms with Crippen molar-refractivity contribution in [1.29, 1.82) is 0 Å². The van der Waals surface area contributed by atoms with Crippen LogP contribution < -0.4 is 10.6 Å². The van der Waals surface area contributed by atoms with E-state index in [1.54, 1.807) is 12.4 Å². The van der Waals surface area contributed by atoms with Gasteiger partial charge in [0.1, 0.15) is 5.82 Å². The quantitative estimate of drug-likeness (QED) is 0.874. The molecule has 2 atom stereocenters. The maximum Gasteiger partial charge on any atom is 0.245 e. The number of nitrogens with one attached hydrogen (secondary N) is 1. The van der Waals surface area contributed by atoms with Crippen molar-refractivity contribution in [3.63, 3.8) is 0 Å². The summed E-state index contributed by atoms with van der Waals surface area (Å²) in [5.74, 6) is 1.63. The standard InChI is InChI=1S/C14H20N6/c1-10-12(15)3-2-8-20(10)14-17-13(18-19-14)9-11-4-6-16-7-5-11/h4-7,10,12H,2-3,8-9,15H2,1H3,(H,17,18,19). The molecule has 2 aromatic rings. The lowest BCUT2D eigenvalue weighted by Gasteiger charge is -2.36. The fraction of sp³-hybridized carbons (Fsp3) is 0.500. The Morgan fingerprint density at radius 2 is 2.20 bits per heavy atom. The molecule has 0 bridgehead atoms. The molecule has 20 heavy (non-hydrogen) atoms. The third-order valence-electron chi connectivity index (χ3n) is 3.95. The molecule has 1 saturated heterocycles. The van der Waals surface area contributed by atoms with Gasteiger partial charge in [0.15, 0.2) is 0 Å². The highest BCUT2D eigenvalue weighted by molar-refractivity contribution is 5.33. The minimum Gasteiger partial charge on any atom is -0.335 e. The molecule has 1 aliphatic rings. The molecule has 0 aliphatic carbocycles. The molecule has 3 rings (SSSR count). The smallest absolute Gasteiger partial charge is 0.245 e. The first-order valence-electron chi connectivity index (χ1n) is 7.06. The Labute approximate surface area is 118 Å². The van der Waals surface area contributed by atoms with Crippen LogP contribution in [-0.4, -0.2) is 38.8 Å². The summed E-state index contributed by atoms with van der Waals surface area (Å²) in [4.78, 5) is 10.8. The van der Waals surface area contributed by atoms with E-state index in [9.17, 15) is 0 Å². The number of pyridine rings is 1. The van der Waals surface area contributed by atoms with E-state index < -0.39 is 0 Å². The fourth-order valence-electron chi connectivity index (χ4n) is 2.64. The molecule has 2 aromatic heterocycles. The third kappa shape index (κ3) is 2.65. The molecule has 2 unspecified atom stereocenters. The van der Waals surface area contributed by atoms with Crippen molar-refractivity contribution >= 4 is 5.95 Å². The highest BCUT2D eigenvalue weighted by atomic mass is 15.4. The molecule has 0 saturated carbocycles. The molecule has 0 aromatic carbocycles. The largest absolute Gasteiger partial charge is 0.335 e. The zero-order valence-electron chi connectivity index (χ0n) is 11.7. The molecule has 3 N–H and O–H groups in total. The summed E-state index contributed by atoms with van der Waals surface area (Å²) in [6.07, 6.45) is 6.49. The average molecular weight is 272 g/mol. The first-order valence-corrected chi connectivity index (χ1v) is 7.06. The zero-order valence-corrected chi connectivity index (χ0v) is 11.7. The lowest BCUT2D eigenvalue weighted by atomic mass is 9.99. The van der Waals surface area contributed by atoms with Crippen LogP contribution in [0.1, 0.15) is 31.2 Å². The Hall–Kier alpha value is -1.95. The van der Waals surface area contributed by atoms with Crippen LogP contribution in [0.25, 0.3) is 0 Å². The van der Waals surface area contributed by atoms with E-state index in [-0.39, 0.29) is 12.1 Å². The van der Waals surface area contributed by atoms with Gasteiger partial charge in [0, 0.05) is 37.4 Å². The second kappa shape index (κ2) is 5.58. The molecule has 3 heterocycles. The average Bonchev–Trinajstić information content (AvgIpc) is 2.91. The van der Waals surface area contributed by atoms with Gasteiger partial charge >= 0.3 is 0 Å². The lowest BCUT2D eigenvalue weighted by Crippen LogP contribution is -2.50. The summed E-state index contributed by atoms with van der Waals surface area (Å²) < 4.78 is 0. The predicted octanol–water partition coefficient (Wildman–Crippen LogP) is 1.11. The first kappa shape index (κ1) is 13.1. The van der Waals surface area contributed by atoms with Gasteiger partial charge in [-0.3, -0.25) is 10.1 Å². The van der Waals surface area contributed by atoms with Crippen LogP contribution in [0, 0.1) is 0 Å². The Balaban J connectivity index is 1.73. The fourth-order valence-corrected chi connectivity index (χ4v) is 2.64. The third-order valence-corrected chi connectivity index (χ3v) is 3.95. The van der Waals surface area contributed by atoms with Gasteiger partial charge in [0.05, 0.1) is 0 Å². The van der Waals surface area contributed by atoms with Crippen LogP contribution >= 0.6 is 0 Å². The van der Waals surface area contributed by atoms with E-state index in [0.717, 1.165) is 37.6 Å². The summed E-state index contributed by atoms with van der Waals surface area (Å²) in [7, 11) is 0. The Bertz CT molecular complexity index is 552. The normalized spacial score (nSPS) is 23.0. The number of rotatable bonds is 3. The minimum absolute atomic E-state index is 0.200. The maximum absolute atomic E-state index is 6.12. The molecule has 0 spiro atoms. The summed E-state index contributed by atoms with van der Waals surface area (Å²) in [5.41, 5.74) is 7.29. The van der Waals surface area contributed by atoms with Crippen molar-refractivity contribution in [3.05, 3.63) is 35.9 Å². The molecule has 0 amide bonds. The number of piperidine rings is 1. The van der Waals surface area contributed by atoms with E-state index in [2.05, 4.69) is 32.0 Å². The number of aromatic nitrogens is 4. The van der Waals surface area contributed by atoms with Crippen molar-refractivity contribution in [2.24, 2.45) is 5.73 Å². The Morgan fingerprint density at radius 1 is 1.40 bits per heavy atom. The SMILES string of the molecule is CC1C(N)CCCN1c1n[nH]c(Cc2ccncc2)n1. The number of hydrogen-bond acceptors (Lipinski definition) is 5. The van der Waals surface area contributed by atoms with Crippen LogP contribution in [0.2, 0.25) is 0 Å². The Kier molecular flexibility index (Phi) is 3.64. The van der Waals surface area contributed by atoms with E-state index in [4.69, 9.17) is 5.73 Å². The monoisotopic (exact) mass is 272 g/mol. The van der Waals surface area contributed by atoms with Gasteiger partial charge in [-0.15, -0.1) is 5.10 Å². The zero-order chi connectivity index (χ0) is 13.9. The number of nitrogens with zero attached hydrogens (tertiary/aromatic N) is 4. The van der Waals surface area contributed by atoms with Gasteiger partial charge in [-0.1, -0.05) is 0 Å². The number of hydrogen-bond donors (Lipinski definition) is 2. The lowest BCUT2D eigenvalue weighted by molar-refractivity contribution is 0.416. The van der Waals surface area contributed by atoms with Crippen molar-refractivity contribution in [2.75, 3.05) is 11.4 Å². The van der Waals surface area contributed by atoms with Crippen LogP contribution in [-0.2, 0) is 6.42 Å². The van der Waals surface area contributed by atoms with E-state index in [0.29, 0.717) is 0 Å². The topological polar surface area (TPSA) is 83.7 Å². The number of anilines is 1. The molecule has 106 valence electrons. The van der Waals surface area contributed by atoms with Crippen LogP contribution in [0.15, 0.2) is 24.5 Å². The molecule has 6 heteroatoms. The highest BCUT2D eigenvalue weighted by Gasteiger charge is 2.27. The minimum atomic E-state index is 0.200. The van der Waals surface area contributed by atoms with Gasteiger partial charge in [0.2, 0.25) is 5.95 Å². The molecular formula is C14H20N6. The van der Waals surface area contributed by atoms with Gasteiger partial charge in [-0.2, -0.15) is 4.98 Å². The van der Waals surface area contributed by atoms with Crippen LogP contribution in [0.3, 0.4) is 0 Å². The van der Waals surface area contributed by atoms with Crippen molar-refractivity contribution in [2.45, 2.75) is 38.3 Å². The molecule has 1 fully saturated rings. The van der Waals surface area contributed by atoms with Gasteiger partial charge < -0.3 is 10.6 Å². The van der Waals surface area contributed by atoms with E-state index in [1.807, 2.05) is 12.1 Å². The molecule has 0 radical (unpaired) electrons. The van der Waals surface area contributed by atoms with Gasteiger partial charge in [0.25, 0.3) is 0 Å². The second-order valence-electron chi connectivity index (χ2n) is 5.35. The number of H-pyrrole nitrogens is 1. The van der Waals surface area contributed by atoms with Crippen LogP contribution in [0.5, 0.6) is 0 Å². The van der Waals surface area contributed by atoms with Crippen molar-refractivity contribution < 1.29 is 0 Å². The van der Waals surface area contributed by atoms with E-state index >= 15 is 0 Å². The highest BCUT2D eigenvalue weighted by Crippen LogP contribution is 2.21. The number of aromatic amines is 1. The molecular weight excluding hydrogens is 252 g/mol. The second-order valence-corrected chi connectivity index (χ2v) is 5.35. The van der Waals surface area contributed by atoms with Crippen molar-refractivity contribution in [1.82, 2.24) is 20.2 Å². The molecule has 6 nitrogen and oxygen atoms in total. The summed E-state index contributed by atoms with van der Waals surface area (Å²) >= 11 is 0.